The highest BCUT2D eigenvalue weighted by atomic mass is 35.5. The van der Waals surface area contributed by atoms with Crippen molar-refractivity contribution in [2.24, 2.45) is 0 Å². The number of aromatic nitrogens is 1. The fourth-order valence-corrected chi connectivity index (χ4v) is 1.59. The predicted molar refractivity (Wildman–Crippen MR) is 54.3 cm³/mol. The molecule has 1 heterocycles. The first kappa shape index (κ1) is 9.69. The van der Waals surface area contributed by atoms with Crippen LogP contribution in [0.15, 0.2) is 23.0 Å². The summed E-state index contributed by atoms with van der Waals surface area (Å²) in [5.41, 5.74) is -0.411. The SMILES string of the molecule is N#Cc1cc(F)cc2c(=O)[nH]c(Cl)cc12. The Morgan fingerprint density at radius 2 is 2.07 bits per heavy atom. The number of benzene rings is 1. The Balaban J connectivity index is 3.05. The largest absolute Gasteiger partial charge is 0.312 e. The minimum Gasteiger partial charge on any atom is -0.312 e. The van der Waals surface area contributed by atoms with Crippen LogP contribution in [0.2, 0.25) is 5.15 Å². The van der Waals surface area contributed by atoms with Crippen LogP contribution in [0.3, 0.4) is 0 Å². The van der Waals surface area contributed by atoms with Gasteiger partial charge in [0.1, 0.15) is 11.0 Å². The number of nitrogens with one attached hydrogen (secondary N) is 1. The molecule has 0 fully saturated rings. The average molecular weight is 223 g/mol. The molecule has 0 aliphatic rings. The summed E-state index contributed by atoms with van der Waals surface area (Å²) in [6.45, 7) is 0. The van der Waals surface area contributed by atoms with Crippen LogP contribution < -0.4 is 5.56 Å². The van der Waals surface area contributed by atoms with Crippen molar-refractivity contribution in [3.05, 3.63) is 45.1 Å². The van der Waals surface area contributed by atoms with Gasteiger partial charge in [-0.25, -0.2) is 4.39 Å². The molecule has 2 aromatic rings. The quantitative estimate of drug-likeness (QED) is 0.695. The number of nitriles is 1. The molecule has 0 unspecified atom stereocenters. The van der Waals surface area contributed by atoms with Gasteiger partial charge in [0.2, 0.25) is 0 Å². The Kier molecular flexibility index (Phi) is 2.18. The van der Waals surface area contributed by atoms with Crippen molar-refractivity contribution in [1.29, 1.82) is 5.26 Å². The van der Waals surface area contributed by atoms with Crippen molar-refractivity contribution in [2.45, 2.75) is 0 Å². The lowest BCUT2D eigenvalue weighted by Crippen LogP contribution is -2.06. The number of aromatic amines is 1. The second-order valence-electron chi connectivity index (χ2n) is 2.97. The van der Waals surface area contributed by atoms with Gasteiger partial charge in [0, 0.05) is 5.39 Å². The molecule has 0 saturated heterocycles. The maximum absolute atomic E-state index is 13.0. The van der Waals surface area contributed by atoms with Crippen LogP contribution in [-0.2, 0) is 0 Å². The van der Waals surface area contributed by atoms with Crippen molar-refractivity contribution in [3.8, 4) is 6.07 Å². The maximum Gasteiger partial charge on any atom is 0.257 e. The summed E-state index contributed by atoms with van der Waals surface area (Å²) < 4.78 is 13.0. The number of pyridine rings is 1. The molecule has 0 atom stereocenters. The van der Waals surface area contributed by atoms with Gasteiger partial charge in [-0.3, -0.25) is 4.79 Å². The van der Waals surface area contributed by atoms with Crippen LogP contribution in [0.5, 0.6) is 0 Å². The molecule has 0 amide bonds. The molecular formula is C10H4ClFN2O. The Labute approximate surface area is 88.7 Å². The van der Waals surface area contributed by atoms with Crippen molar-refractivity contribution in [3.63, 3.8) is 0 Å². The highest BCUT2D eigenvalue weighted by Gasteiger charge is 2.07. The van der Waals surface area contributed by atoms with Crippen molar-refractivity contribution in [1.82, 2.24) is 4.98 Å². The summed E-state index contributed by atoms with van der Waals surface area (Å²) >= 11 is 5.63. The summed E-state index contributed by atoms with van der Waals surface area (Å²) in [4.78, 5) is 13.7. The van der Waals surface area contributed by atoms with E-state index in [0.717, 1.165) is 12.1 Å². The molecule has 15 heavy (non-hydrogen) atoms. The highest BCUT2D eigenvalue weighted by Crippen LogP contribution is 2.19. The number of nitrogens with zero attached hydrogens (tertiary/aromatic N) is 1. The van der Waals surface area contributed by atoms with Crippen molar-refractivity contribution < 1.29 is 4.39 Å². The Hall–Kier alpha value is -1.86. The van der Waals surface area contributed by atoms with Crippen LogP contribution in [0, 0.1) is 17.1 Å². The minimum atomic E-state index is -0.619. The summed E-state index contributed by atoms with van der Waals surface area (Å²) in [5, 5.41) is 9.37. The zero-order valence-corrected chi connectivity index (χ0v) is 8.10. The molecule has 5 heteroatoms. The molecule has 1 aromatic carbocycles. The maximum atomic E-state index is 13.0. The topological polar surface area (TPSA) is 56.6 Å². The number of H-pyrrole nitrogens is 1. The van der Waals surface area contributed by atoms with Gasteiger partial charge in [0.25, 0.3) is 5.56 Å². The summed E-state index contributed by atoms with van der Waals surface area (Å²) in [5.74, 6) is -0.619. The number of hydrogen-bond acceptors (Lipinski definition) is 2. The molecule has 1 N–H and O–H groups in total. The second kappa shape index (κ2) is 3.37. The van der Waals surface area contributed by atoms with E-state index in [1.165, 1.54) is 6.07 Å². The third-order valence-electron chi connectivity index (χ3n) is 2.01. The van der Waals surface area contributed by atoms with Crippen LogP contribution in [0.25, 0.3) is 10.8 Å². The van der Waals surface area contributed by atoms with Gasteiger partial charge in [-0.05, 0) is 18.2 Å². The highest BCUT2D eigenvalue weighted by molar-refractivity contribution is 6.30. The fourth-order valence-electron chi connectivity index (χ4n) is 1.39. The Morgan fingerprint density at radius 3 is 2.73 bits per heavy atom. The number of halogens is 2. The van der Waals surface area contributed by atoms with Crippen LogP contribution in [-0.4, -0.2) is 4.98 Å². The first-order valence-corrected chi connectivity index (χ1v) is 4.42. The Morgan fingerprint density at radius 1 is 1.33 bits per heavy atom. The monoisotopic (exact) mass is 222 g/mol. The number of rotatable bonds is 0. The van der Waals surface area contributed by atoms with Crippen LogP contribution >= 0.6 is 11.6 Å². The average Bonchev–Trinajstić information content (AvgIpc) is 2.18. The summed E-state index contributed by atoms with van der Waals surface area (Å²) in [6, 6.07) is 5.38. The third-order valence-corrected chi connectivity index (χ3v) is 2.22. The molecule has 0 bridgehead atoms. The lowest BCUT2D eigenvalue weighted by molar-refractivity contribution is 0.629. The normalized spacial score (nSPS) is 10.2. The van der Waals surface area contributed by atoms with E-state index in [9.17, 15) is 9.18 Å². The Bertz CT molecular complexity index is 642. The summed E-state index contributed by atoms with van der Waals surface area (Å²) in [7, 11) is 0. The molecule has 0 spiro atoms. The van der Waals surface area contributed by atoms with E-state index in [0.29, 0.717) is 5.39 Å². The third kappa shape index (κ3) is 1.58. The first-order chi connectivity index (χ1) is 7.11. The minimum absolute atomic E-state index is 0.0954. The van der Waals surface area contributed by atoms with E-state index in [4.69, 9.17) is 16.9 Å². The molecule has 0 saturated carbocycles. The fraction of sp³-hybridized carbons (Fsp3) is 0. The van der Waals surface area contributed by atoms with Crippen molar-refractivity contribution >= 4 is 22.4 Å². The standard InChI is InChI=1S/C10H4ClFN2O/c11-9-3-7-5(4-13)1-6(12)2-8(7)10(15)14-9/h1-3H,(H,14,15). The zero-order chi connectivity index (χ0) is 11.0. The molecular weight excluding hydrogens is 219 g/mol. The second-order valence-corrected chi connectivity index (χ2v) is 3.38. The molecule has 1 aromatic heterocycles. The molecule has 0 aliphatic carbocycles. The van der Waals surface area contributed by atoms with Gasteiger partial charge in [-0.1, -0.05) is 11.6 Å². The number of hydrogen-bond donors (Lipinski definition) is 1. The van der Waals surface area contributed by atoms with E-state index < -0.39 is 11.4 Å². The smallest absolute Gasteiger partial charge is 0.257 e. The lowest BCUT2D eigenvalue weighted by Gasteiger charge is -2.00. The summed E-state index contributed by atoms with van der Waals surface area (Å²) in [6.07, 6.45) is 0. The van der Waals surface area contributed by atoms with Gasteiger partial charge in [-0.15, -0.1) is 0 Å². The van der Waals surface area contributed by atoms with Crippen LogP contribution in [0.4, 0.5) is 4.39 Å². The van der Waals surface area contributed by atoms with Crippen LogP contribution in [0.1, 0.15) is 5.56 Å². The van der Waals surface area contributed by atoms with Gasteiger partial charge in [0.15, 0.2) is 0 Å². The predicted octanol–water partition coefficient (Wildman–Crippen LogP) is 2.19. The van der Waals surface area contributed by atoms with E-state index in [1.54, 1.807) is 0 Å². The van der Waals surface area contributed by atoms with Gasteiger partial charge in [-0.2, -0.15) is 5.26 Å². The molecule has 74 valence electrons. The van der Waals surface area contributed by atoms with E-state index in [-0.39, 0.29) is 16.1 Å². The molecule has 0 aliphatic heterocycles. The molecule has 3 nitrogen and oxygen atoms in total. The van der Waals surface area contributed by atoms with Gasteiger partial charge >= 0.3 is 0 Å². The lowest BCUT2D eigenvalue weighted by atomic mass is 10.1. The van der Waals surface area contributed by atoms with E-state index in [2.05, 4.69) is 4.98 Å². The molecule has 2 rings (SSSR count). The number of fused-ring (bicyclic) bond motifs is 1. The molecule has 0 radical (unpaired) electrons. The van der Waals surface area contributed by atoms with Gasteiger partial charge in [0.05, 0.1) is 17.0 Å². The van der Waals surface area contributed by atoms with Gasteiger partial charge < -0.3 is 4.98 Å². The zero-order valence-electron chi connectivity index (χ0n) is 7.34. The first-order valence-electron chi connectivity index (χ1n) is 4.04. The van der Waals surface area contributed by atoms with E-state index in [1.807, 2.05) is 6.07 Å². The van der Waals surface area contributed by atoms with E-state index >= 15 is 0 Å². The van der Waals surface area contributed by atoms with Crippen molar-refractivity contribution in [2.75, 3.05) is 0 Å².